The van der Waals surface area contributed by atoms with Gasteiger partial charge in [0.1, 0.15) is 0 Å². The molecule has 0 spiro atoms. The fourth-order valence-corrected chi connectivity index (χ4v) is 2.68. The smallest absolute Gasteiger partial charge is 0.337 e. The third-order valence-corrected chi connectivity index (χ3v) is 4.34. The number of carbonyl (C=O) groups is 3. The molecule has 2 N–H and O–H groups in total. The van der Waals surface area contributed by atoms with Crippen molar-refractivity contribution in [1.82, 2.24) is 4.98 Å². The standard InChI is InChI=1S/C17H16N2O4S/c1-11(10-24-17(23)12-5-3-2-4-6-12)15(20)19-14-7-13(16(21)22)8-18-9-14/h2-9,11H,10H2,1H3,(H,19,20)(H,21,22). The van der Waals surface area contributed by atoms with Crippen molar-refractivity contribution >= 4 is 34.4 Å². The number of carbonyl (C=O) groups excluding carboxylic acids is 2. The number of carboxylic acids is 1. The largest absolute Gasteiger partial charge is 0.478 e. The van der Waals surface area contributed by atoms with Crippen molar-refractivity contribution < 1.29 is 19.5 Å². The first-order valence-electron chi connectivity index (χ1n) is 7.18. The highest BCUT2D eigenvalue weighted by Crippen LogP contribution is 2.17. The molecular weight excluding hydrogens is 328 g/mol. The van der Waals surface area contributed by atoms with Crippen LogP contribution in [0.25, 0.3) is 0 Å². The zero-order chi connectivity index (χ0) is 17.5. The molecule has 24 heavy (non-hydrogen) atoms. The number of amides is 1. The Bertz CT molecular complexity index is 749. The molecule has 0 aliphatic carbocycles. The molecular formula is C17H16N2O4S. The van der Waals surface area contributed by atoms with Gasteiger partial charge in [0.05, 0.1) is 17.4 Å². The minimum absolute atomic E-state index is 0.00548. The molecule has 7 heteroatoms. The predicted octanol–water partition coefficient (Wildman–Crippen LogP) is 2.93. The molecule has 1 aromatic carbocycles. The van der Waals surface area contributed by atoms with Crippen LogP contribution in [0, 0.1) is 5.92 Å². The Labute approximate surface area is 143 Å². The molecule has 0 aliphatic rings. The van der Waals surface area contributed by atoms with Crippen LogP contribution in [0.2, 0.25) is 0 Å². The molecule has 0 saturated carbocycles. The first-order chi connectivity index (χ1) is 11.5. The molecule has 0 bridgehead atoms. The summed E-state index contributed by atoms with van der Waals surface area (Å²) in [7, 11) is 0. The molecule has 0 aliphatic heterocycles. The SMILES string of the molecule is CC(CSC(=O)c1ccccc1)C(=O)Nc1cncc(C(=O)O)c1. The van der Waals surface area contributed by atoms with Crippen LogP contribution in [0.5, 0.6) is 0 Å². The van der Waals surface area contributed by atoms with Crippen LogP contribution in [0.1, 0.15) is 27.6 Å². The second-order valence-corrected chi connectivity index (χ2v) is 6.12. The maximum Gasteiger partial charge on any atom is 0.337 e. The van der Waals surface area contributed by atoms with E-state index < -0.39 is 11.9 Å². The number of benzene rings is 1. The van der Waals surface area contributed by atoms with E-state index in [0.717, 1.165) is 11.8 Å². The molecule has 6 nitrogen and oxygen atoms in total. The molecule has 2 rings (SSSR count). The lowest BCUT2D eigenvalue weighted by atomic mass is 10.2. The van der Waals surface area contributed by atoms with Crippen LogP contribution in [-0.2, 0) is 4.79 Å². The van der Waals surface area contributed by atoms with Gasteiger partial charge >= 0.3 is 5.97 Å². The number of aromatic nitrogens is 1. The summed E-state index contributed by atoms with van der Waals surface area (Å²) >= 11 is 1.08. The molecule has 0 saturated heterocycles. The number of carboxylic acid groups (broad SMARTS) is 1. The Morgan fingerprint density at radius 3 is 2.54 bits per heavy atom. The van der Waals surface area contributed by atoms with Gasteiger partial charge in [0.25, 0.3) is 0 Å². The van der Waals surface area contributed by atoms with E-state index in [9.17, 15) is 14.4 Å². The monoisotopic (exact) mass is 344 g/mol. The third kappa shape index (κ3) is 4.92. The second-order valence-electron chi connectivity index (χ2n) is 5.12. The maximum atomic E-state index is 12.1. The van der Waals surface area contributed by atoms with Gasteiger partial charge in [-0.25, -0.2) is 4.79 Å². The summed E-state index contributed by atoms with van der Waals surface area (Å²) < 4.78 is 0. The van der Waals surface area contributed by atoms with Gasteiger partial charge in [-0.05, 0) is 6.07 Å². The topological polar surface area (TPSA) is 96.4 Å². The molecule has 1 heterocycles. The summed E-state index contributed by atoms with van der Waals surface area (Å²) in [4.78, 5) is 38.8. The molecule has 0 radical (unpaired) electrons. The van der Waals surface area contributed by atoms with Crippen molar-refractivity contribution in [3.63, 3.8) is 0 Å². The lowest BCUT2D eigenvalue weighted by molar-refractivity contribution is -0.118. The average Bonchev–Trinajstić information content (AvgIpc) is 2.60. The summed E-state index contributed by atoms with van der Waals surface area (Å²) in [5.74, 6) is -1.51. The van der Waals surface area contributed by atoms with E-state index in [1.807, 2.05) is 6.07 Å². The van der Waals surface area contributed by atoms with Gasteiger partial charge in [0.15, 0.2) is 0 Å². The number of hydrogen-bond acceptors (Lipinski definition) is 5. The highest BCUT2D eigenvalue weighted by atomic mass is 32.2. The molecule has 2 aromatic rings. The van der Waals surface area contributed by atoms with Crippen LogP contribution in [0.3, 0.4) is 0 Å². The molecule has 0 fully saturated rings. The van der Waals surface area contributed by atoms with Crippen molar-refractivity contribution in [3.8, 4) is 0 Å². The molecule has 1 amide bonds. The van der Waals surface area contributed by atoms with Crippen molar-refractivity contribution in [2.45, 2.75) is 6.92 Å². The summed E-state index contributed by atoms with van der Waals surface area (Å²) in [6, 6.07) is 10.2. The highest BCUT2D eigenvalue weighted by molar-refractivity contribution is 8.14. The van der Waals surface area contributed by atoms with Crippen LogP contribution in [0.4, 0.5) is 5.69 Å². The Morgan fingerprint density at radius 2 is 1.88 bits per heavy atom. The molecule has 1 aromatic heterocycles. The van der Waals surface area contributed by atoms with Crippen molar-refractivity contribution in [3.05, 3.63) is 59.9 Å². The van der Waals surface area contributed by atoms with Crippen molar-refractivity contribution in [2.24, 2.45) is 5.92 Å². The Kier molecular flexibility index (Phi) is 6.08. The quantitative estimate of drug-likeness (QED) is 0.836. The van der Waals surface area contributed by atoms with Crippen LogP contribution >= 0.6 is 11.8 Å². The number of thioether (sulfide) groups is 1. The zero-order valence-electron chi connectivity index (χ0n) is 12.9. The number of aromatic carboxylic acids is 1. The van der Waals surface area contributed by atoms with Gasteiger partial charge in [0.2, 0.25) is 11.0 Å². The van der Waals surface area contributed by atoms with Gasteiger partial charge in [-0.3, -0.25) is 14.6 Å². The number of rotatable bonds is 6. The van der Waals surface area contributed by atoms with Crippen molar-refractivity contribution in [2.75, 3.05) is 11.1 Å². The van der Waals surface area contributed by atoms with Crippen LogP contribution < -0.4 is 5.32 Å². The predicted molar refractivity (Wildman–Crippen MR) is 92.2 cm³/mol. The third-order valence-electron chi connectivity index (χ3n) is 3.17. The van der Waals surface area contributed by atoms with Gasteiger partial charge < -0.3 is 10.4 Å². The van der Waals surface area contributed by atoms with Gasteiger partial charge in [-0.15, -0.1) is 0 Å². The molecule has 1 atom stereocenters. The number of nitrogens with one attached hydrogen (secondary N) is 1. The molecule has 1 unspecified atom stereocenters. The first-order valence-corrected chi connectivity index (χ1v) is 8.17. The lowest BCUT2D eigenvalue weighted by Gasteiger charge is -2.11. The van der Waals surface area contributed by atoms with Gasteiger partial charge in [-0.2, -0.15) is 0 Å². The normalized spacial score (nSPS) is 11.5. The van der Waals surface area contributed by atoms with Crippen LogP contribution in [0.15, 0.2) is 48.8 Å². The summed E-state index contributed by atoms with van der Waals surface area (Å²) in [5, 5.41) is 11.4. The lowest BCUT2D eigenvalue weighted by Crippen LogP contribution is -2.23. The van der Waals surface area contributed by atoms with E-state index >= 15 is 0 Å². The van der Waals surface area contributed by atoms with Gasteiger partial charge in [0, 0.05) is 23.4 Å². The Balaban J connectivity index is 1.89. The van der Waals surface area contributed by atoms with E-state index in [4.69, 9.17) is 5.11 Å². The highest BCUT2D eigenvalue weighted by Gasteiger charge is 2.17. The number of anilines is 1. The van der Waals surface area contributed by atoms with Crippen LogP contribution in [-0.4, -0.2) is 32.8 Å². The first kappa shape index (κ1) is 17.7. The Morgan fingerprint density at radius 1 is 1.17 bits per heavy atom. The number of nitrogens with zero attached hydrogens (tertiary/aromatic N) is 1. The van der Waals surface area contributed by atoms with Gasteiger partial charge in [-0.1, -0.05) is 49.0 Å². The Hall–Kier alpha value is -2.67. The number of hydrogen-bond donors (Lipinski definition) is 2. The fourth-order valence-electron chi connectivity index (χ4n) is 1.82. The van der Waals surface area contributed by atoms with E-state index in [1.54, 1.807) is 31.2 Å². The van der Waals surface area contributed by atoms with E-state index in [2.05, 4.69) is 10.3 Å². The van der Waals surface area contributed by atoms with Crippen molar-refractivity contribution in [1.29, 1.82) is 0 Å². The summed E-state index contributed by atoms with van der Waals surface area (Å²) in [6.07, 6.45) is 2.58. The number of pyridine rings is 1. The zero-order valence-corrected chi connectivity index (χ0v) is 13.7. The molecule has 124 valence electrons. The average molecular weight is 344 g/mol. The summed E-state index contributed by atoms with van der Waals surface area (Å²) in [5.41, 5.74) is 0.897. The fraction of sp³-hybridized carbons (Fsp3) is 0.176. The van der Waals surface area contributed by atoms with E-state index in [-0.39, 0.29) is 16.6 Å². The second kappa shape index (κ2) is 8.26. The maximum absolute atomic E-state index is 12.1. The minimum Gasteiger partial charge on any atom is -0.478 e. The minimum atomic E-state index is -1.12. The van der Waals surface area contributed by atoms with E-state index in [1.165, 1.54) is 18.5 Å². The summed E-state index contributed by atoms with van der Waals surface area (Å²) in [6.45, 7) is 1.70. The van der Waals surface area contributed by atoms with E-state index in [0.29, 0.717) is 17.0 Å².